The number of nitrogens with zero attached hydrogens (tertiary/aromatic N) is 1. The lowest BCUT2D eigenvalue weighted by molar-refractivity contribution is -0.142. The number of Topliss-reactive ketones (excluding diaryl/α,β-unsaturated/α-hetero) is 1. The maximum Gasteiger partial charge on any atom is 0.343 e. The Balaban J connectivity index is 2.01. The van der Waals surface area contributed by atoms with Crippen molar-refractivity contribution in [3.8, 4) is 5.75 Å². The van der Waals surface area contributed by atoms with Crippen molar-refractivity contribution in [1.82, 2.24) is 4.57 Å². The Labute approximate surface area is 179 Å². The van der Waals surface area contributed by atoms with Gasteiger partial charge in [0.2, 0.25) is 0 Å². The van der Waals surface area contributed by atoms with Crippen LogP contribution in [0.15, 0.2) is 54.6 Å². The molecule has 0 saturated carbocycles. The first-order valence-electron chi connectivity index (χ1n) is 9.90. The molecule has 0 saturated heterocycles. The second kappa shape index (κ2) is 8.22. The number of ether oxygens (including phenoxy) is 2. The Hall–Kier alpha value is -3.67. The van der Waals surface area contributed by atoms with E-state index in [2.05, 4.69) is 0 Å². The number of hydrogen-bond donors (Lipinski definition) is 0. The Morgan fingerprint density at radius 2 is 1.84 bits per heavy atom. The normalized spacial score (nSPS) is 11.1. The molecule has 4 aromatic rings. The lowest BCUT2D eigenvalue weighted by Crippen LogP contribution is -2.13. The van der Waals surface area contributed by atoms with Gasteiger partial charge in [0.25, 0.3) is 0 Å². The van der Waals surface area contributed by atoms with Crippen molar-refractivity contribution in [3.63, 3.8) is 0 Å². The maximum absolute atomic E-state index is 13.8. The van der Waals surface area contributed by atoms with Crippen LogP contribution in [-0.4, -0.2) is 30.0 Å². The summed E-state index contributed by atoms with van der Waals surface area (Å²) < 4.78 is 26.4. The molecule has 5 nitrogen and oxygen atoms in total. The molecule has 1 heterocycles. The summed E-state index contributed by atoms with van der Waals surface area (Å²) in [6.07, 6.45) is 0. The van der Waals surface area contributed by atoms with Crippen molar-refractivity contribution in [2.75, 3.05) is 13.7 Å². The van der Waals surface area contributed by atoms with E-state index in [1.54, 1.807) is 6.07 Å². The zero-order valence-electron chi connectivity index (χ0n) is 17.6. The second-order valence-electron chi connectivity index (χ2n) is 7.42. The molecule has 0 spiro atoms. The van der Waals surface area contributed by atoms with Crippen LogP contribution in [0.1, 0.15) is 28.5 Å². The summed E-state index contributed by atoms with van der Waals surface area (Å²) in [7, 11) is 1.30. The average molecular weight is 419 g/mol. The number of carbonyl (C=O) groups is 2. The van der Waals surface area contributed by atoms with Crippen LogP contribution in [0.4, 0.5) is 4.39 Å². The zero-order valence-corrected chi connectivity index (χ0v) is 17.6. The minimum atomic E-state index is -0.513. The third-order valence-electron chi connectivity index (χ3n) is 5.43. The van der Waals surface area contributed by atoms with Crippen LogP contribution in [0.5, 0.6) is 5.75 Å². The number of halogens is 1. The molecule has 4 rings (SSSR count). The number of methoxy groups -OCH3 is 1. The number of benzene rings is 3. The van der Waals surface area contributed by atoms with E-state index in [-0.39, 0.29) is 18.2 Å². The van der Waals surface area contributed by atoms with Crippen molar-refractivity contribution in [2.24, 2.45) is 0 Å². The third kappa shape index (κ3) is 3.77. The van der Waals surface area contributed by atoms with Gasteiger partial charge in [-0.05, 0) is 43.0 Å². The molecular formula is C25H22FNO4. The van der Waals surface area contributed by atoms with E-state index < -0.39 is 5.97 Å². The van der Waals surface area contributed by atoms with Crippen LogP contribution in [-0.2, 0) is 16.1 Å². The Morgan fingerprint density at radius 3 is 2.55 bits per heavy atom. The Bertz CT molecular complexity index is 1320. The summed E-state index contributed by atoms with van der Waals surface area (Å²) in [5, 5.41) is 2.34. The van der Waals surface area contributed by atoms with Crippen LogP contribution < -0.4 is 4.74 Å². The lowest BCUT2D eigenvalue weighted by Gasteiger charge is -2.13. The maximum atomic E-state index is 13.8. The number of carbonyl (C=O) groups excluding carboxylic acids is 2. The van der Waals surface area contributed by atoms with Gasteiger partial charge in [-0.3, -0.25) is 4.79 Å². The summed E-state index contributed by atoms with van der Waals surface area (Å²) >= 11 is 0. The molecule has 0 radical (unpaired) electrons. The molecule has 0 bridgehead atoms. The highest BCUT2D eigenvalue weighted by molar-refractivity contribution is 6.15. The molecule has 3 aromatic carbocycles. The fourth-order valence-electron chi connectivity index (χ4n) is 4.04. The monoisotopic (exact) mass is 419 g/mol. The Kier molecular flexibility index (Phi) is 5.46. The molecule has 0 fully saturated rings. The van der Waals surface area contributed by atoms with Crippen molar-refractivity contribution in [2.45, 2.75) is 20.4 Å². The minimum absolute atomic E-state index is 0.112. The standard InChI is InChI=1S/C25H22FNO4/c1-15-23(16(2)28)24-21(27(15)13-17-7-6-9-19(26)11-17)12-18-8-4-5-10-20(18)25(24)31-14-22(29)30-3/h4-12H,13-14H2,1-3H3. The van der Waals surface area contributed by atoms with Gasteiger partial charge in [-0.25, -0.2) is 9.18 Å². The van der Waals surface area contributed by atoms with E-state index in [4.69, 9.17) is 9.47 Å². The van der Waals surface area contributed by atoms with Gasteiger partial charge in [-0.15, -0.1) is 0 Å². The Morgan fingerprint density at radius 1 is 1.06 bits per heavy atom. The van der Waals surface area contributed by atoms with Gasteiger partial charge in [0, 0.05) is 23.2 Å². The summed E-state index contributed by atoms with van der Waals surface area (Å²) in [6, 6.07) is 16.0. The van der Waals surface area contributed by atoms with Crippen LogP contribution in [0.3, 0.4) is 0 Å². The van der Waals surface area contributed by atoms with Crippen molar-refractivity contribution < 1.29 is 23.5 Å². The van der Waals surface area contributed by atoms with E-state index in [1.165, 1.54) is 26.2 Å². The van der Waals surface area contributed by atoms with Crippen LogP contribution >= 0.6 is 0 Å². The number of ketones is 1. The molecule has 158 valence electrons. The van der Waals surface area contributed by atoms with Gasteiger partial charge in [0.1, 0.15) is 11.6 Å². The molecular weight excluding hydrogens is 397 g/mol. The molecule has 6 heteroatoms. The van der Waals surface area contributed by atoms with Crippen LogP contribution in [0.2, 0.25) is 0 Å². The topological polar surface area (TPSA) is 57.5 Å². The highest BCUT2D eigenvalue weighted by Gasteiger charge is 2.23. The van der Waals surface area contributed by atoms with Crippen molar-refractivity contribution in [3.05, 3.63) is 77.2 Å². The highest BCUT2D eigenvalue weighted by atomic mass is 19.1. The molecule has 0 aliphatic carbocycles. The number of hydrogen-bond acceptors (Lipinski definition) is 4. The summed E-state index contributed by atoms with van der Waals surface area (Å²) in [4.78, 5) is 24.4. The molecule has 0 amide bonds. The van der Waals surface area contributed by atoms with E-state index in [1.807, 2.05) is 47.9 Å². The molecule has 31 heavy (non-hydrogen) atoms. The predicted molar refractivity (Wildman–Crippen MR) is 117 cm³/mol. The quantitative estimate of drug-likeness (QED) is 0.324. The van der Waals surface area contributed by atoms with Gasteiger partial charge >= 0.3 is 5.97 Å². The third-order valence-corrected chi connectivity index (χ3v) is 5.43. The molecule has 1 aromatic heterocycles. The molecule has 0 aliphatic heterocycles. The average Bonchev–Trinajstić information content (AvgIpc) is 3.02. The summed E-state index contributed by atoms with van der Waals surface area (Å²) in [5.74, 6) is -0.476. The van der Waals surface area contributed by atoms with E-state index in [9.17, 15) is 14.0 Å². The van der Waals surface area contributed by atoms with E-state index in [0.717, 1.165) is 27.5 Å². The number of fused-ring (bicyclic) bond motifs is 2. The van der Waals surface area contributed by atoms with Crippen molar-refractivity contribution >= 4 is 33.4 Å². The largest absolute Gasteiger partial charge is 0.481 e. The second-order valence-corrected chi connectivity index (χ2v) is 7.42. The van der Waals surface area contributed by atoms with Gasteiger partial charge in [-0.2, -0.15) is 0 Å². The predicted octanol–water partition coefficient (Wildman–Crippen LogP) is 5.04. The van der Waals surface area contributed by atoms with E-state index in [0.29, 0.717) is 23.2 Å². The van der Waals surface area contributed by atoms with Gasteiger partial charge in [0.05, 0.1) is 18.0 Å². The smallest absolute Gasteiger partial charge is 0.343 e. The SMILES string of the molecule is COC(=O)COc1c2ccccc2cc2c1c(C(C)=O)c(C)n2Cc1cccc(F)c1. The summed E-state index contributed by atoms with van der Waals surface area (Å²) in [5.41, 5.74) is 2.84. The molecule has 0 atom stereocenters. The lowest BCUT2D eigenvalue weighted by atomic mass is 10.0. The number of rotatable bonds is 6. The first-order chi connectivity index (χ1) is 14.9. The first-order valence-corrected chi connectivity index (χ1v) is 9.90. The first kappa shape index (κ1) is 20.6. The molecule has 0 unspecified atom stereocenters. The fraction of sp³-hybridized carbons (Fsp3) is 0.200. The van der Waals surface area contributed by atoms with E-state index >= 15 is 0 Å². The molecule has 0 N–H and O–H groups in total. The number of aromatic nitrogens is 1. The van der Waals surface area contributed by atoms with Gasteiger partial charge in [0.15, 0.2) is 12.4 Å². The van der Waals surface area contributed by atoms with Gasteiger partial charge in [-0.1, -0.05) is 36.4 Å². The minimum Gasteiger partial charge on any atom is -0.481 e. The van der Waals surface area contributed by atoms with Crippen LogP contribution in [0, 0.1) is 12.7 Å². The fourth-order valence-corrected chi connectivity index (χ4v) is 4.04. The number of esters is 1. The van der Waals surface area contributed by atoms with Crippen LogP contribution in [0.25, 0.3) is 21.7 Å². The molecule has 0 aliphatic rings. The summed E-state index contributed by atoms with van der Waals surface area (Å²) in [6.45, 7) is 3.49. The zero-order chi connectivity index (χ0) is 22.1. The van der Waals surface area contributed by atoms with Gasteiger partial charge < -0.3 is 14.0 Å². The van der Waals surface area contributed by atoms with Crippen molar-refractivity contribution in [1.29, 1.82) is 0 Å². The highest BCUT2D eigenvalue weighted by Crippen LogP contribution is 2.40.